The molecule has 27 heavy (non-hydrogen) atoms. The predicted octanol–water partition coefficient (Wildman–Crippen LogP) is 8.94. The van der Waals surface area contributed by atoms with Crippen LogP contribution in [0.4, 0.5) is 0 Å². The van der Waals surface area contributed by atoms with Gasteiger partial charge in [-0.2, -0.15) is 0 Å². The SMILES string of the molecule is CCC[CH2][Ge]([CH2]CCC)[CH2]CCC.CCC[CH2][Ge]([CH2]CCC)[CH2]CCC.O. The van der Waals surface area contributed by atoms with Gasteiger partial charge in [0, 0.05) is 0 Å². The Hall–Kier alpha value is 1.05. The molecule has 0 aromatic rings. The van der Waals surface area contributed by atoms with E-state index in [2.05, 4.69) is 41.5 Å². The van der Waals surface area contributed by atoms with Crippen molar-refractivity contribution in [1.82, 2.24) is 0 Å². The van der Waals surface area contributed by atoms with Gasteiger partial charge >= 0.3 is 179 Å². The van der Waals surface area contributed by atoms with Crippen molar-refractivity contribution in [1.29, 1.82) is 0 Å². The van der Waals surface area contributed by atoms with Gasteiger partial charge in [0.2, 0.25) is 0 Å². The van der Waals surface area contributed by atoms with Crippen molar-refractivity contribution in [3.05, 3.63) is 0 Å². The van der Waals surface area contributed by atoms with Gasteiger partial charge in [-0.15, -0.1) is 0 Å². The van der Waals surface area contributed by atoms with Crippen molar-refractivity contribution in [3.63, 3.8) is 0 Å². The number of rotatable bonds is 18. The molecule has 0 aliphatic rings. The summed E-state index contributed by atoms with van der Waals surface area (Å²) in [5.41, 5.74) is 0. The van der Waals surface area contributed by atoms with Gasteiger partial charge in [0.1, 0.15) is 0 Å². The van der Waals surface area contributed by atoms with Crippen LogP contribution in [-0.4, -0.2) is 34.2 Å². The summed E-state index contributed by atoms with van der Waals surface area (Å²) in [4.78, 5) is 0. The number of unbranched alkanes of at least 4 members (excludes halogenated alkanes) is 6. The second-order valence-corrected chi connectivity index (χ2v) is 20.7. The summed E-state index contributed by atoms with van der Waals surface area (Å²) in [5, 5.41) is 9.90. The minimum absolute atomic E-state index is 0. The van der Waals surface area contributed by atoms with Gasteiger partial charge in [-0.25, -0.2) is 0 Å². The van der Waals surface area contributed by atoms with E-state index < -0.39 is 28.7 Å². The molecule has 0 saturated carbocycles. The molecule has 0 bridgehead atoms. The molecule has 2 radical (unpaired) electrons. The first kappa shape index (κ1) is 32.7. The zero-order chi connectivity index (χ0) is 19.9. The van der Waals surface area contributed by atoms with Crippen LogP contribution in [0.15, 0.2) is 0 Å². The maximum Gasteiger partial charge on any atom is -0.412 e. The van der Waals surface area contributed by atoms with Crippen LogP contribution in [0, 0.1) is 0 Å². The van der Waals surface area contributed by atoms with Crippen molar-refractivity contribution in [2.45, 2.75) is 150 Å². The molecule has 1 nitrogen and oxygen atoms in total. The quantitative estimate of drug-likeness (QED) is 0.166. The standard InChI is InChI=1S/2C12H27Ge.H2O/c2*1-4-7-10-13(11-8-5-2)12-9-6-3;/h2*4-12H2,1-3H3;1H2. The Kier molecular flexibility index (Phi) is 35.4. The van der Waals surface area contributed by atoms with Gasteiger partial charge in [-0.05, 0) is 0 Å². The second kappa shape index (κ2) is 29.2. The van der Waals surface area contributed by atoms with E-state index >= 15 is 0 Å². The zero-order valence-electron chi connectivity index (χ0n) is 20.2. The molecule has 2 N–H and O–H groups in total. The topological polar surface area (TPSA) is 31.5 Å². The molecule has 0 aromatic carbocycles. The van der Waals surface area contributed by atoms with E-state index in [0.29, 0.717) is 0 Å². The van der Waals surface area contributed by atoms with Gasteiger partial charge in [0.05, 0.1) is 0 Å². The Balaban J connectivity index is -0.000000411. The summed E-state index contributed by atoms with van der Waals surface area (Å²) in [7, 11) is 0. The monoisotopic (exact) mass is 508 g/mol. The Morgan fingerprint density at radius 1 is 0.333 bits per heavy atom. The van der Waals surface area contributed by atoms with Crippen molar-refractivity contribution in [3.8, 4) is 0 Å². The van der Waals surface area contributed by atoms with Crippen LogP contribution in [-0.2, 0) is 0 Å². The van der Waals surface area contributed by atoms with Gasteiger partial charge in [-0.1, -0.05) is 0 Å². The van der Waals surface area contributed by atoms with Gasteiger partial charge < -0.3 is 5.48 Å². The molecule has 0 atom stereocenters. The summed E-state index contributed by atoms with van der Waals surface area (Å²) in [5.74, 6) is 0. The maximum atomic E-state index is 2.33. The summed E-state index contributed by atoms with van der Waals surface area (Å²) >= 11 is -1.10. The zero-order valence-corrected chi connectivity index (χ0v) is 24.4. The van der Waals surface area contributed by atoms with Crippen LogP contribution >= 0.6 is 0 Å². The van der Waals surface area contributed by atoms with Crippen molar-refractivity contribution in [2.75, 3.05) is 0 Å². The largest absolute Gasteiger partial charge is 0.412 e. The van der Waals surface area contributed by atoms with Crippen LogP contribution in [0.25, 0.3) is 0 Å². The van der Waals surface area contributed by atoms with E-state index in [1.165, 1.54) is 77.0 Å². The fourth-order valence-corrected chi connectivity index (χ4v) is 17.2. The average molecular weight is 506 g/mol. The molecule has 0 aliphatic heterocycles. The summed E-state index contributed by atoms with van der Waals surface area (Å²) in [6.45, 7) is 14.0. The van der Waals surface area contributed by atoms with Crippen LogP contribution in [0.2, 0.25) is 31.5 Å². The van der Waals surface area contributed by atoms with E-state index in [9.17, 15) is 0 Å². The minimum Gasteiger partial charge on any atom is -0.412 e. The van der Waals surface area contributed by atoms with Crippen LogP contribution in [0.3, 0.4) is 0 Å². The van der Waals surface area contributed by atoms with Gasteiger partial charge in [0.25, 0.3) is 0 Å². The van der Waals surface area contributed by atoms with E-state index in [-0.39, 0.29) is 5.48 Å². The Morgan fingerprint density at radius 3 is 0.593 bits per heavy atom. The molecule has 0 unspecified atom stereocenters. The fourth-order valence-electron chi connectivity index (χ4n) is 3.31. The van der Waals surface area contributed by atoms with Crippen molar-refractivity contribution in [2.24, 2.45) is 0 Å². The van der Waals surface area contributed by atoms with Crippen LogP contribution in [0.5, 0.6) is 0 Å². The third-order valence-electron chi connectivity index (χ3n) is 5.30. The van der Waals surface area contributed by atoms with E-state index in [1.54, 1.807) is 31.5 Å². The second-order valence-electron chi connectivity index (χ2n) is 8.12. The molecule has 0 fully saturated rings. The van der Waals surface area contributed by atoms with Gasteiger partial charge in [-0.3, -0.25) is 0 Å². The smallest absolute Gasteiger partial charge is 0.412 e. The molecule has 0 rings (SSSR count). The van der Waals surface area contributed by atoms with E-state index in [0.717, 1.165) is 0 Å². The third kappa shape index (κ3) is 27.0. The molecular weight excluding hydrogens is 449 g/mol. The predicted molar refractivity (Wildman–Crippen MR) is 133 cm³/mol. The van der Waals surface area contributed by atoms with Gasteiger partial charge in [0.15, 0.2) is 0 Å². The Labute approximate surface area is 183 Å². The summed E-state index contributed by atoms with van der Waals surface area (Å²) < 4.78 is 0. The fraction of sp³-hybridized carbons (Fsp3) is 1.00. The third-order valence-corrected chi connectivity index (χ3v) is 18.7. The van der Waals surface area contributed by atoms with E-state index in [1.807, 2.05) is 0 Å². The normalized spacial score (nSPS) is 10.7. The molecule has 0 saturated heterocycles. The number of hydrogen-bond donors (Lipinski definition) is 0. The molecular formula is C24H56Ge2O. The first-order valence-corrected chi connectivity index (χ1v) is 21.3. The Morgan fingerprint density at radius 2 is 0.481 bits per heavy atom. The average Bonchev–Trinajstić information content (AvgIpc) is 2.67. The van der Waals surface area contributed by atoms with Crippen LogP contribution < -0.4 is 0 Å². The Bertz CT molecular complexity index is 174. The maximum absolute atomic E-state index is 2.33. The first-order valence-electron chi connectivity index (χ1n) is 12.4. The first-order chi connectivity index (χ1) is 12.7. The molecule has 0 heterocycles. The molecule has 0 amide bonds. The van der Waals surface area contributed by atoms with Crippen molar-refractivity contribution >= 4 is 28.7 Å². The molecule has 166 valence electrons. The molecule has 0 spiro atoms. The summed E-state index contributed by atoms with van der Waals surface area (Å²) in [6.07, 6.45) is 17.6. The summed E-state index contributed by atoms with van der Waals surface area (Å²) in [6, 6.07) is 0. The van der Waals surface area contributed by atoms with E-state index in [4.69, 9.17) is 0 Å². The molecule has 3 heteroatoms. The van der Waals surface area contributed by atoms with Crippen LogP contribution in [0.1, 0.15) is 119 Å². The molecule has 0 aliphatic carbocycles. The minimum atomic E-state index is -0.552. The molecule has 0 aromatic heterocycles. The number of hydrogen-bond acceptors (Lipinski definition) is 0. The van der Waals surface area contributed by atoms with Crippen molar-refractivity contribution < 1.29 is 5.48 Å².